The van der Waals surface area contributed by atoms with E-state index in [0.29, 0.717) is 32.8 Å². The summed E-state index contributed by atoms with van der Waals surface area (Å²) in [6.07, 6.45) is 4.92. The molecule has 0 aliphatic carbocycles. The Morgan fingerprint density at radius 3 is 2.67 bits per heavy atom. The molecule has 1 aliphatic rings. The Labute approximate surface area is 202 Å². The summed E-state index contributed by atoms with van der Waals surface area (Å²) in [6.45, 7) is 6.52. The van der Waals surface area contributed by atoms with Gasteiger partial charge in [0.1, 0.15) is 15.8 Å². The van der Waals surface area contributed by atoms with Crippen molar-refractivity contribution in [3.63, 3.8) is 0 Å². The predicted octanol–water partition coefficient (Wildman–Crippen LogP) is 4.66. The number of thiocarbonyl (C=S) groups is 1. The third-order valence-corrected chi connectivity index (χ3v) is 7.09. The molecule has 33 heavy (non-hydrogen) atoms. The smallest absolute Gasteiger partial charge is 0.267 e. The van der Waals surface area contributed by atoms with Crippen molar-refractivity contribution >= 4 is 51.7 Å². The molecule has 1 aromatic carbocycles. The van der Waals surface area contributed by atoms with Crippen molar-refractivity contribution in [2.24, 2.45) is 0 Å². The number of benzene rings is 1. The van der Waals surface area contributed by atoms with E-state index < -0.39 is 0 Å². The number of aryl methyl sites for hydroxylation is 1. The fourth-order valence-corrected chi connectivity index (χ4v) is 5.16. The van der Waals surface area contributed by atoms with Crippen LogP contribution in [0.4, 0.5) is 5.82 Å². The first kappa shape index (κ1) is 23.2. The zero-order valence-corrected chi connectivity index (χ0v) is 20.5. The highest BCUT2D eigenvalue weighted by Gasteiger charge is 2.35. The first-order valence-corrected chi connectivity index (χ1v) is 12.2. The molecule has 8 heteroatoms. The molecule has 0 spiro atoms. The summed E-state index contributed by atoms with van der Waals surface area (Å²) in [6, 6.07) is 13.9. The molecule has 3 aromatic rings. The van der Waals surface area contributed by atoms with E-state index in [1.54, 1.807) is 17.2 Å². The summed E-state index contributed by atoms with van der Waals surface area (Å²) in [7, 11) is 0. The Bertz CT molecular complexity index is 1300. The van der Waals surface area contributed by atoms with Gasteiger partial charge in [-0.3, -0.25) is 18.9 Å². The number of aromatic nitrogens is 2. The highest BCUT2D eigenvalue weighted by molar-refractivity contribution is 8.26. The monoisotopic (exact) mass is 478 g/mol. The lowest BCUT2D eigenvalue weighted by molar-refractivity contribution is -0.123. The second kappa shape index (κ2) is 9.89. The van der Waals surface area contributed by atoms with E-state index >= 15 is 0 Å². The van der Waals surface area contributed by atoms with Gasteiger partial charge in [0.05, 0.1) is 10.5 Å². The minimum absolute atomic E-state index is 0.00495. The number of fused-ring (bicyclic) bond motifs is 1. The molecule has 0 saturated carbocycles. The molecule has 0 radical (unpaired) electrons. The van der Waals surface area contributed by atoms with Crippen molar-refractivity contribution in [2.75, 3.05) is 11.9 Å². The molecular formula is C25H26N4O2S2. The van der Waals surface area contributed by atoms with E-state index in [0.717, 1.165) is 18.4 Å². The number of rotatable bonds is 7. The quantitative estimate of drug-likeness (QED) is 0.394. The van der Waals surface area contributed by atoms with Gasteiger partial charge in [-0.2, -0.15) is 0 Å². The number of amides is 1. The van der Waals surface area contributed by atoms with Gasteiger partial charge in [0.15, 0.2) is 0 Å². The maximum absolute atomic E-state index is 13.5. The fourth-order valence-electron chi connectivity index (χ4n) is 3.72. The van der Waals surface area contributed by atoms with E-state index in [2.05, 4.69) is 17.4 Å². The van der Waals surface area contributed by atoms with Gasteiger partial charge in [-0.25, -0.2) is 4.98 Å². The van der Waals surface area contributed by atoms with Crippen LogP contribution < -0.4 is 10.9 Å². The largest absolute Gasteiger partial charge is 0.369 e. The van der Waals surface area contributed by atoms with Crippen LogP contribution in [0.15, 0.2) is 58.4 Å². The summed E-state index contributed by atoms with van der Waals surface area (Å²) in [4.78, 5) is 33.3. The molecule has 0 bridgehead atoms. The molecule has 2 aromatic heterocycles. The number of carbonyl (C=O) groups is 1. The third-order valence-electron chi connectivity index (χ3n) is 5.76. The fraction of sp³-hybridized carbons (Fsp3) is 0.280. The summed E-state index contributed by atoms with van der Waals surface area (Å²) in [5.41, 5.74) is 2.81. The van der Waals surface area contributed by atoms with E-state index in [1.165, 1.54) is 21.7 Å². The summed E-state index contributed by atoms with van der Waals surface area (Å²) in [5.74, 6) is 0.308. The molecule has 6 nitrogen and oxygen atoms in total. The van der Waals surface area contributed by atoms with Gasteiger partial charge in [-0.05, 0) is 50.0 Å². The second-order valence-electron chi connectivity index (χ2n) is 8.04. The van der Waals surface area contributed by atoms with Crippen LogP contribution in [-0.2, 0) is 11.2 Å². The molecule has 1 fully saturated rings. The zero-order chi connectivity index (χ0) is 23.5. The number of nitrogens with one attached hydrogen (secondary N) is 1. The maximum atomic E-state index is 13.5. The summed E-state index contributed by atoms with van der Waals surface area (Å²) < 4.78 is 2.04. The minimum atomic E-state index is -0.222. The number of hydrogen-bond donors (Lipinski definition) is 1. The van der Waals surface area contributed by atoms with E-state index in [-0.39, 0.29) is 17.5 Å². The van der Waals surface area contributed by atoms with E-state index in [4.69, 9.17) is 17.2 Å². The highest BCUT2D eigenvalue weighted by Crippen LogP contribution is 2.34. The van der Waals surface area contributed by atoms with Crippen LogP contribution in [0.5, 0.6) is 0 Å². The van der Waals surface area contributed by atoms with Gasteiger partial charge in [0.25, 0.3) is 11.5 Å². The van der Waals surface area contributed by atoms with Crippen LogP contribution in [0.2, 0.25) is 0 Å². The Kier molecular flexibility index (Phi) is 6.95. The van der Waals surface area contributed by atoms with Crippen LogP contribution in [0, 0.1) is 6.92 Å². The Morgan fingerprint density at radius 1 is 1.18 bits per heavy atom. The second-order valence-corrected chi connectivity index (χ2v) is 9.71. The molecule has 1 unspecified atom stereocenters. The highest BCUT2D eigenvalue weighted by atomic mass is 32.2. The van der Waals surface area contributed by atoms with Crippen molar-refractivity contribution < 1.29 is 4.79 Å². The third kappa shape index (κ3) is 4.72. The van der Waals surface area contributed by atoms with Gasteiger partial charge in [-0.15, -0.1) is 0 Å². The molecule has 1 aliphatic heterocycles. The van der Waals surface area contributed by atoms with Crippen molar-refractivity contribution in [2.45, 2.75) is 39.7 Å². The molecule has 1 amide bonds. The van der Waals surface area contributed by atoms with Crippen molar-refractivity contribution in [3.8, 4) is 0 Å². The molecule has 1 saturated heterocycles. The van der Waals surface area contributed by atoms with Gasteiger partial charge in [0, 0.05) is 18.8 Å². The van der Waals surface area contributed by atoms with Crippen LogP contribution in [-0.4, -0.2) is 37.1 Å². The number of hydrogen-bond acceptors (Lipinski definition) is 6. The van der Waals surface area contributed by atoms with Crippen LogP contribution in [0.25, 0.3) is 11.7 Å². The zero-order valence-electron chi connectivity index (χ0n) is 18.9. The van der Waals surface area contributed by atoms with Gasteiger partial charge < -0.3 is 5.32 Å². The van der Waals surface area contributed by atoms with Crippen molar-refractivity contribution in [1.82, 2.24) is 14.3 Å². The first-order valence-electron chi connectivity index (χ1n) is 11.0. The Balaban J connectivity index is 1.74. The number of carbonyl (C=O) groups excluding carboxylic acids is 1. The molecule has 1 N–H and O–H groups in total. The van der Waals surface area contributed by atoms with Crippen LogP contribution in [0.3, 0.4) is 0 Å². The van der Waals surface area contributed by atoms with Gasteiger partial charge in [0.2, 0.25) is 0 Å². The van der Waals surface area contributed by atoms with E-state index in [1.807, 2.05) is 51.1 Å². The minimum Gasteiger partial charge on any atom is -0.369 e. The number of nitrogens with zero attached hydrogens (tertiary/aromatic N) is 3. The number of thioether (sulfide) groups is 1. The molecule has 3 heterocycles. The first-order chi connectivity index (χ1) is 15.9. The normalized spacial score (nSPS) is 16.1. The average molecular weight is 479 g/mol. The van der Waals surface area contributed by atoms with Crippen molar-refractivity contribution in [1.29, 1.82) is 0 Å². The predicted molar refractivity (Wildman–Crippen MR) is 140 cm³/mol. The maximum Gasteiger partial charge on any atom is 0.267 e. The lowest BCUT2D eigenvalue weighted by Gasteiger charge is -2.21. The van der Waals surface area contributed by atoms with Gasteiger partial charge in [-0.1, -0.05) is 67.3 Å². The van der Waals surface area contributed by atoms with Crippen LogP contribution >= 0.6 is 24.0 Å². The van der Waals surface area contributed by atoms with Crippen LogP contribution in [0.1, 0.15) is 37.0 Å². The molecule has 170 valence electrons. The number of anilines is 1. The Hall–Kier alpha value is -2.97. The topological polar surface area (TPSA) is 66.7 Å². The standard InChI is InChI=1S/C25H26N4O2S2/c1-4-17(3)29-24(31)20(33-25(29)32)15-19-21(26-13-12-18-10-6-5-7-11-18)27-22-16(2)9-8-14-28(22)23(19)30/h5-11,14-15,17,26H,4,12-13H2,1-3H3. The molecule has 1 atom stereocenters. The average Bonchev–Trinajstić information content (AvgIpc) is 3.09. The lowest BCUT2D eigenvalue weighted by atomic mass is 10.1. The molecular weight excluding hydrogens is 452 g/mol. The van der Waals surface area contributed by atoms with E-state index in [9.17, 15) is 9.59 Å². The van der Waals surface area contributed by atoms with Crippen molar-refractivity contribution in [3.05, 3.63) is 80.6 Å². The SMILES string of the molecule is CCC(C)N1C(=O)C(=Cc2c(NCCc3ccccc3)nc3c(C)cccn3c2=O)SC1=S. The summed E-state index contributed by atoms with van der Waals surface area (Å²) >= 11 is 6.68. The molecule has 4 rings (SSSR count). The summed E-state index contributed by atoms with van der Waals surface area (Å²) in [5, 5.41) is 3.33. The Morgan fingerprint density at radius 2 is 1.94 bits per heavy atom. The lowest BCUT2D eigenvalue weighted by Crippen LogP contribution is -2.36. The number of pyridine rings is 1. The van der Waals surface area contributed by atoms with Gasteiger partial charge >= 0.3 is 0 Å².